The van der Waals surface area contributed by atoms with Gasteiger partial charge in [0.1, 0.15) is 5.75 Å². The number of fused-ring (bicyclic) bond motifs is 1. The largest absolute Gasteiger partial charge is 0.435 e. The fourth-order valence-corrected chi connectivity index (χ4v) is 2.88. The van der Waals surface area contributed by atoms with E-state index in [1.54, 1.807) is 0 Å². The summed E-state index contributed by atoms with van der Waals surface area (Å²) in [6, 6.07) is 16.2. The molecule has 1 aliphatic heterocycles. The van der Waals surface area contributed by atoms with Gasteiger partial charge in [-0.25, -0.2) is 0 Å². The maximum absolute atomic E-state index is 5.92. The quantitative estimate of drug-likeness (QED) is 0.693. The summed E-state index contributed by atoms with van der Waals surface area (Å²) in [5, 5.41) is 0. The van der Waals surface area contributed by atoms with Crippen LogP contribution in [0.25, 0.3) is 11.1 Å². The van der Waals surface area contributed by atoms with Gasteiger partial charge in [0.25, 0.3) is 0 Å². The summed E-state index contributed by atoms with van der Waals surface area (Å²) < 4.78 is 10.9. The Bertz CT molecular complexity index is 530. The normalized spacial score (nSPS) is 18.3. The Labute approximate surface area is 106 Å². The summed E-state index contributed by atoms with van der Waals surface area (Å²) in [6.45, 7) is 0.519. The Hall–Kier alpha value is -1.08. The van der Waals surface area contributed by atoms with Crippen molar-refractivity contribution >= 4 is 19.0 Å². The van der Waals surface area contributed by atoms with E-state index in [4.69, 9.17) is 20.3 Å². The molecule has 0 saturated carbocycles. The van der Waals surface area contributed by atoms with E-state index in [9.17, 15) is 0 Å². The zero-order valence-electron chi connectivity index (χ0n) is 8.97. The molecule has 1 atom stereocenters. The third-order valence-corrected chi connectivity index (χ3v) is 3.82. The van der Waals surface area contributed by atoms with Crippen molar-refractivity contribution in [3.05, 3.63) is 54.1 Å². The molecule has 2 aromatic rings. The molecule has 0 aromatic heterocycles. The van der Waals surface area contributed by atoms with Gasteiger partial charge in [-0.2, -0.15) is 0 Å². The summed E-state index contributed by atoms with van der Waals surface area (Å²) in [5.41, 5.74) is 3.25. The van der Waals surface area contributed by atoms with Crippen molar-refractivity contribution in [3.8, 4) is 16.9 Å². The van der Waals surface area contributed by atoms with Crippen LogP contribution in [0.15, 0.2) is 48.5 Å². The van der Waals surface area contributed by atoms with Crippen LogP contribution < -0.4 is 4.52 Å². The molecule has 2 aromatic carbocycles. The van der Waals surface area contributed by atoms with E-state index in [-0.39, 0.29) is 0 Å². The highest BCUT2D eigenvalue weighted by molar-refractivity contribution is 7.76. The number of hydrogen-bond acceptors (Lipinski definition) is 2. The van der Waals surface area contributed by atoms with E-state index >= 15 is 0 Å². The van der Waals surface area contributed by atoms with Crippen LogP contribution in [0, 0.1) is 0 Å². The van der Waals surface area contributed by atoms with Crippen molar-refractivity contribution in [1.29, 1.82) is 0 Å². The lowest BCUT2D eigenvalue weighted by molar-refractivity contribution is 0.288. The van der Waals surface area contributed by atoms with Crippen LogP contribution in [-0.2, 0) is 11.1 Å². The second kappa shape index (κ2) is 4.66. The standard InChI is InChI=1S/C13H10ClO2P/c14-17-15-9-11-7-4-8-12(13(11)16-17)10-5-2-1-3-6-10/h1-8H,9H2. The highest BCUT2D eigenvalue weighted by Gasteiger charge is 2.22. The van der Waals surface area contributed by atoms with Crippen LogP contribution >= 0.6 is 19.0 Å². The van der Waals surface area contributed by atoms with E-state index in [1.807, 2.05) is 36.4 Å². The molecular weight excluding hydrogens is 255 g/mol. The van der Waals surface area contributed by atoms with E-state index in [0.717, 1.165) is 22.4 Å². The molecule has 86 valence electrons. The van der Waals surface area contributed by atoms with Crippen molar-refractivity contribution in [3.63, 3.8) is 0 Å². The molecule has 0 fully saturated rings. The Balaban J connectivity index is 2.12. The number of benzene rings is 2. The van der Waals surface area contributed by atoms with E-state index in [2.05, 4.69) is 12.1 Å². The predicted molar refractivity (Wildman–Crippen MR) is 70.1 cm³/mol. The number of hydrogen-bond donors (Lipinski definition) is 0. The first kappa shape index (κ1) is 11.0. The van der Waals surface area contributed by atoms with Gasteiger partial charge in [-0.05, 0) is 16.8 Å². The van der Waals surface area contributed by atoms with Crippen molar-refractivity contribution in [2.45, 2.75) is 6.61 Å². The lowest BCUT2D eigenvalue weighted by Gasteiger charge is -2.22. The molecule has 17 heavy (non-hydrogen) atoms. The first-order valence-corrected chi connectivity index (χ1v) is 7.37. The molecule has 1 unspecified atom stereocenters. The van der Waals surface area contributed by atoms with Crippen LogP contribution in [-0.4, -0.2) is 0 Å². The lowest BCUT2D eigenvalue weighted by Crippen LogP contribution is -2.02. The summed E-state index contributed by atoms with van der Waals surface area (Å²) in [5.74, 6) is 0.853. The zero-order valence-corrected chi connectivity index (χ0v) is 10.6. The molecule has 1 heterocycles. The number of rotatable bonds is 1. The molecule has 0 aliphatic carbocycles. The summed E-state index contributed by atoms with van der Waals surface area (Å²) >= 11 is 5.92. The highest BCUT2D eigenvalue weighted by atomic mass is 35.7. The highest BCUT2D eigenvalue weighted by Crippen LogP contribution is 2.52. The maximum atomic E-state index is 5.92. The van der Waals surface area contributed by atoms with Gasteiger partial charge in [0, 0.05) is 11.1 Å². The first-order valence-electron chi connectivity index (χ1n) is 5.29. The SMILES string of the molecule is ClP1OCc2cccc(-c3ccccc3)c2O1. The van der Waals surface area contributed by atoms with Gasteiger partial charge in [-0.3, -0.25) is 0 Å². The topological polar surface area (TPSA) is 18.5 Å². The number of para-hydroxylation sites is 1. The van der Waals surface area contributed by atoms with Gasteiger partial charge in [0.15, 0.2) is 0 Å². The lowest BCUT2D eigenvalue weighted by atomic mass is 10.0. The van der Waals surface area contributed by atoms with E-state index in [0.29, 0.717) is 6.61 Å². The fraction of sp³-hybridized carbons (Fsp3) is 0.0769. The molecule has 1 aliphatic rings. The van der Waals surface area contributed by atoms with Crippen molar-refractivity contribution in [1.82, 2.24) is 0 Å². The fourth-order valence-electron chi connectivity index (χ4n) is 1.87. The third kappa shape index (κ3) is 2.16. The average molecular weight is 265 g/mol. The minimum absolute atomic E-state index is 0.519. The number of halogens is 1. The van der Waals surface area contributed by atoms with Gasteiger partial charge in [0.2, 0.25) is 0 Å². The Morgan fingerprint density at radius 3 is 2.65 bits per heavy atom. The molecule has 3 rings (SSSR count). The van der Waals surface area contributed by atoms with Crippen LogP contribution in [0.1, 0.15) is 5.56 Å². The monoisotopic (exact) mass is 264 g/mol. The molecule has 0 bridgehead atoms. The molecule has 2 nitrogen and oxygen atoms in total. The molecule has 0 spiro atoms. The van der Waals surface area contributed by atoms with Gasteiger partial charge >= 0.3 is 7.73 Å². The van der Waals surface area contributed by atoms with Crippen LogP contribution in [0.5, 0.6) is 5.75 Å². The third-order valence-electron chi connectivity index (χ3n) is 2.67. The average Bonchev–Trinajstić information content (AvgIpc) is 2.39. The summed E-state index contributed by atoms with van der Waals surface area (Å²) in [4.78, 5) is 0. The van der Waals surface area contributed by atoms with Crippen molar-refractivity contribution in [2.24, 2.45) is 0 Å². The molecule has 0 saturated heterocycles. The minimum Gasteiger partial charge on any atom is -0.435 e. The summed E-state index contributed by atoms with van der Waals surface area (Å²) in [6.07, 6.45) is 0. The van der Waals surface area contributed by atoms with Crippen molar-refractivity contribution < 1.29 is 9.05 Å². The van der Waals surface area contributed by atoms with E-state index in [1.165, 1.54) is 0 Å². The Morgan fingerprint density at radius 2 is 1.82 bits per heavy atom. The molecule has 0 radical (unpaired) electrons. The summed E-state index contributed by atoms with van der Waals surface area (Å²) in [7, 11) is -1.31. The molecule has 0 amide bonds. The molecule has 0 N–H and O–H groups in total. The molecular formula is C13H10ClO2P. The van der Waals surface area contributed by atoms with Gasteiger partial charge in [-0.15, -0.1) is 0 Å². The van der Waals surface area contributed by atoms with Gasteiger partial charge in [-0.1, -0.05) is 48.5 Å². The van der Waals surface area contributed by atoms with E-state index < -0.39 is 7.73 Å². The van der Waals surface area contributed by atoms with Gasteiger partial charge < -0.3 is 9.05 Å². The van der Waals surface area contributed by atoms with Crippen LogP contribution in [0.3, 0.4) is 0 Å². The smallest absolute Gasteiger partial charge is 0.338 e. The maximum Gasteiger partial charge on any atom is 0.338 e. The minimum atomic E-state index is -1.31. The van der Waals surface area contributed by atoms with Crippen LogP contribution in [0.2, 0.25) is 0 Å². The van der Waals surface area contributed by atoms with Gasteiger partial charge in [0.05, 0.1) is 6.61 Å². The second-order valence-electron chi connectivity index (χ2n) is 3.74. The molecule has 4 heteroatoms. The van der Waals surface area contributed by atoms with Crippen molar-refractivity contribution in [2.75, 3.05) is 0 Å². The Morgan fingerprint density at radius 1 is 1.00 bits per heavy atom. The zero-order chi connectivity index (χ0) is 11.7. The first-order chi connectivity index (χ1) is 8.34. The van der Waals surface area contributed by atoms with Crippen LogP contribution in [0.4, 0.5) is 0 Å². The Kier molecular flexibility index (Phi) is 3.02. The predicted octanol–water partition coefficient (Wildman–Crippen LogP) is 4.73. The second-order valence-corrected chi connectivity index (χ2v) is 5.43.